The molecule has 1 atom stereocenters. The molecular weight excluding hydrogens is 501 g/mol. The van der Waals surface area contributed by atoms with E-state index in [4.69, 9.17) is 4.42 Å². The van der Waals surface area contributed by atoms with E-state index in [-0.39, 0.29) is 18.2 Å². The number of halogens is 3. The summed E-state index contributed by atoms with van der Waals surface area (Å²) in [4.78, 5) is 17.1. The van der Waals surface area contributed by atoms with E-state index >= 15 is 0 Å². The van der Waals surface area contributed by atoms with E-state index in [0.29, 0.717) is 17.2 Å². The molecule has 0 fully saturated rings. The molecule has 10 heteroatoms. The van der Waals surface area contributed by atoms with Gasteiger partial charge in [0.05, 0.1) is 12.0 Å². The highest BCUT2D eigenvalue weighted by Crippen LogP contribution is 2.31. The second-order valence-corrected chi connectivity index (χ2v) is 9.40. The lowest BCUT2D eigenvalue weighted by Crippen LogP contribution is -2.31. The van der Waals surface area contributed by atoms with Crippen molar-refractivity contribution in [2.45, 2.75) is 35.2 Å². The van der Waals surface area contributed by atoms with E-state index < -0.39 is 17.8 Å². The third-order valence-corrected chi connectivity index (χ3v) is 6.60. The smallest absolute Gasteiger partial charge is 0.413 e. The molecule has 0 saturated carbocycles. The molecule has 0 spiro atoms. The summed E-state index contributed by atoms with van der Waals surface area (Å²) in [7, 11) is 0. The van der Waals surface area contributed by atoms with Crippen molar-refractivity contribution in [1.29, 1.82) is 0 Å². The summed E-state index contributed by atoms with van der Waals surface area (Å²) in [6, 6.07) is 21.3. The van der Waals surface area contributed by atoms with Crippen molar-refractivity contribution in [3.63, 3.8) is 0 Å². The average molecular weight is 523 g/mol. The Morgan fingerprint density at radius 1 is 0.973 bits per heavy atom. The number of H-pyrrole nitrogens is 1. The number of aromatic nitrogens is 3. The van der Waals surface area contributed by atoms with Crippen LogP contribution in [-0.4, -0.2) is 21.1 Å². The predicted molar refractivity (Wildman–Crippen MR) is 133 cm³/mol. The minimum absolute atomic E-state index is 0.0950. The summed E-state index contributed by atoms with van der Waals surface area (Å²) in [5, 5.41) is 12.6. The molecule has 0 radical (unpaired) electrons. The Hall–Kier alpha value is -4.05. The average Bonchev–Trinajstić information content (AvgIpc) is 3.51. The van der Waals surface area contributed by atoms with Crippen LogP contribution in [0.4, 0.5) is 13.2 Å². The van der Waals surface area contributed by atoms with Gasteiger partial charge in [-0.05, 0) is 53.2 Å². The first kappa shape index (κ1) is 24.6. The highest BCUT2D eigenvalue weighted by molar-refractivity contribution is 7.99. The molecule has 2 N–H and O–H groups in total. The molecule has 2 heterocycles. The number of fused-ring (bicyclic) bond motifs is 1. The molecule has 188 valence electrons. The Morgan fingerprint density at radius 3 is 2.46 bits per heavy atom. The van der Waals surface area contributed by atoms with Crippen LogP contribution in [0.1, 0.15) is 28.6 Å². The van der Waals surface area contributed by atoms with Crippen LogP contribution in [0.25, 0.3) is 10.9 Å². The van der Waals surface area contributed by atoms with Gasteiger partial charge >= 0.3 is 6.18 Å². The van der Waals surface area contributed by atoms with Crippen LogP contribution < -0.4 is 5.32 Å². The van der Waals surface area contributed by atoms with Crippen LogP contribution >= 0.6 is 11.8 Å². The fourth-order valence-corrected chi connectivity index (χ4v) is 4.66. The molecule has 5 aromatic rings. The van der Waals surface area contributed by atoms with Gasteiger partial charge in [0.15, 0.2) is 0 Å². The minimum Gasteiger partial charge on any atom is -0.413 e. The molecule has 0 saturated heterocycles. The van der Waals surface area contributed by atoms with Crippen molar-refractivity contribution >= 4 is 28.6 Å². The summed E-state index contributed by atoms with van der Waals surface area (Å²) < 4.78 is 44.5. The largest absolute Gasteiger partial charge is 0.416 e. The normalized spacial score (nSPS) is 12.5. The van der Waals surface area contributed by atoms with Crippen LogP contribution in [-0.2, 0) is 23.8 Å². The fraction of sp³-hybridized carbons (Fsp3) is 0.148. The predicted octanol–water partition coefficient (Wildman–Crippen LogP) is 6.36. The van der Waals surface area contributed by atoms with Crippen molar-refractivity contribution < 1.29 is 22.4 Å². The lowest BCUT2D eigenvalue weighted by atomic mass is 10.0. The number of nitrogens with zero attached hydrogens (tertiary/aromatic N) is 2. The molecule has 0 aliphatic heterocycles. The number of carbonyl (C=O) groups is 1. The first-order valence-corrected chi connectivity index (χ1v) is 12.2. The summed E-state index contributed by atoms with van der Waals surface area (Å²) >= 11 is 1.31. The molecule has 0 aliphatic rings. The zero-order valence-electron chi connectivity index (χ0n) is 19.3. The molecule has 0 aliphatic carbocycles. The maximum atomic E-state index is 12.9. The zero-order chi connectivity index (χ0) is 25.8. The Balaban J connectivity index is 1.36. The summed E-state index contributed by atoms with van der Waals surface area (Å²) in [5.74, 6) is -0.135. The summed E-state index contributed by atoms with van der Waals surface area (Å²) in [6.07, 6.45) is -2.28. The number of benzene rings is 3. The van der Waals surface area contributed by atoms with Crippen molar-refractivity contribution in [1.82, 2.24) is 20.5 Å². The Bertz CT molecular complexity index is 1500. The van der Waals surface area contributed by atoms with Gasteiger partial charge in [-0.25, -0.2) is 0 Å². The van der Waals surface area contributed by atoms with Gasteiger partial charge in [-0.2, -0.15) is 13.2 Å². The standard InChI is InChI=1S/C27H21F3N4O2S/c28-27(29,30)19-12-10-17(11-13-19)14-24(35)32-23(15-18-16-31-22-9-5-4-8-21(18)22)25-33-34-26(36-25)37-20-6-2-1-3-7-20/h1-13,16,23,31H,14-15H2,(H,32,35)/t23-/m0/s1. The van der Waals surface area contributed by atoms with Gasteiger partial charge in [0.25, 0.3) is 5.22 Å². The molecule has 5 rings (SSSR count). The van der Waals surface area contributed by atoms with E-state index in [1.54, 1.807) is 0 Å². The Kier molecular flexibility index (Phi) is 7.00. The van der Waals surface area contributed by atoms with Gasteiger partial charge in [-0.15, -0.1) is 10.2 Å². The van der Waals surface area contributed by atoms with Crippen molar-refractivity contribution in [3.05, 3.63) is 108 Å². The number of hydrogen-bond acceptors (Lipinski definition) is 5. The number of hydrogen-bond donors (Lipinski definition) is 2. The van der Waals surface area contributed by atoms with Gasteiger partial charge in [0.1, 0.15) is 6.04 Å². The van der Waals surface area contributed by atoms with E-state index in [2.05, 4.69) is 20.5 Å². The van der Waals surface area contributed by atoms with E-state index in [0.717, 1.165) is 33.5 Å². The lowest BCUT2D eigenvalue weighted by molar-refractivity contribution is -0.137. The molecular formula is C27H21F3N4O2S. The van der Waals surface area contributed by atoms with E-state index in [9.17, 15) is 18.0 Å². The number of aromatic amines is 1. The van der Waals surface area contributed by atoms with E-state index in [1.807, 2.05) is 60.8 Å². The van der Waals surface area contributed by atoms with Crippen molar-refractivity contribution in [3.8, 4) is 0 Å². The van der Waals surface area contributed by atoms with Crippen molar-refractivity contribution in [2.24, 2.45) is 0 Å². The number of amides is 1. The molecule has 3 aromatic carbocycles. The van der Waals surface area contributed by atoms with Crippen LogP contribution in [0.3, 0.4) is 0 Å². The minimum atomic E-state index is -4.43. The maximum Gasteiger partial charge on any atom is 0.416 e. The Labute approximate surface area is 214 Å². The molecule has 37 heavy (non-hydrogen) atoms. The van der Waals surface area contributed by atoms with Gasteiger partial charge in [0, 0.05) is 28.4 Å². The van der Waals surface area contributed by atoms with Gasteiger partial charge in [-0.3, -0.25) is 4.79 Å². The van der Waals surface area contributed by atoms with Crippen LogP contribution in [0.2, 0.25) is 0 Å². The SMILES string of the molecule is O=C(Cc1ccc(C(F)(F)F)cc1)N[C@@H](Cc1c[nH]c2ccccc12)c1nnc(Sc2ccccc2)o1. The third-order valence-electron chi connectivity index (χ3n) is 5.75. The van der Waals surface area contributed by atoms with Gasteiger partial charge in [-0.1, -0.05) is 48.5 Å². The number of para-hydroxylation sites is 1. The number of carbonyl (C=O) groups excluding carboxylic acids is 1. The lowest BCUT2D eigenvalue weighted by Gasteiger charge is -2.15. The van der Waals surface area contributed by atoms with Crippen LogP contribution in [0.5, 0.6) is 0 Å². The topological polar surface area (TPSA) is 83.8 Å². The number of nitrogens with one attached hydrogen (secondary N) is 2. The second-order valence-electron chi connectivity index (χ2n) is 8.38. The monoisotopic (exact) mass is 522 g/mol. The molecule has 0 bridgehead atoms. The quantitative estimate of drug-likeness (QED) is 0.248. The first-order chi connectivity index (χ1) is 17.8. The molecule has 2 aromatic heterocycles. The number of alkyl halides is 3. The molecule has 6 nitrogen and oxygen atoms in total. The fourth-order valence-electron chi connectivity index (χ4n) is 3.95. The molecule has 0 unspecified atom stereocenters. The highest BCUT2D eigenvalue weighted by atomic mass is 32.2. The Morgan fingerprint density at radius 2 is 1.70 bits per heavy atom. The second kappa shape index (κ2) is 10.5. The van der Waals surface area contributed by atoms with Gasteiger partial charge in [0.2, 0.25) is 11.8 Å². The zero-order valence-corrected chi connectivity index (χ0v) is 20.1. The van der Waals surface area contributed by atoms with Crippen molar-refractivity contribution in [2.75, 3.05) is 0 Å². The highest BCUT2D eigenvalue weighted by Gasteiger charge is 2.30. The van der Waals surface area contributed by atoms with Crippen LogP contribution in [0.15, 0.2) is 99.6 Å². The van der Waals surface area contributed by atoms with E-state index in [1.165, 1.54) is 23.9 Å². The van der Waals surface area contributed by atoms with Gasteiger partial charge < -0.3 is 14.7 Å². The summed E-state index contributed by atoms with van der Waals surface area (Å²) in [5.41, 5.74) is 1.61. The van der Waals surface area contributed by atoms with Crippen LogP contribution in [0, 0.1) is 0 Å². The third kappa shape index (κ3) is 6.03. The first-order valence-electron chi connectivity index (χ1n) is 11.4. The number of rotatable bonds is 8. The molecule has 1 amide bonds. The maximum absolute atomic E-state index is 12.9. The summed E-state index contributed by atoms with van der Waals surface area (Å²) in [6.45, 7) is 0.